The summed E-state index contributed by atoms with van der Waals surface area (Å²) in [6, 6.07) is 5.21. The first-order valence-corrected chi connectivity index (χ1v) is 9.67. The van der Waals surface area contributed by atoms with E-state index >= 15 is 0 Å². The topological polar surface area (TPSA) is 58.1 Å². The van der Waals surface area contributed by atoms with Crippen molar-refractivity contribution in [1.82, 2.24) is 15.3 Å². The predicted octanol–water partition coefficient (Wildman–Crippen LogP) is 3.43. The van der Waals surface area contributed by atoms with Crippen molar-refractivity contribution in [1.29, 1.82) is 0 Å². The summed E-state index contributed by atoms with van der Waals surface area (Å²) in [6.07, 6.45) is 9.11. The molecule has 1 aliphatic heterocycles. The smallest absolute Gasteiger partial charge is 0.225 e. The average molecular weight is 356 g/mol. The van der Waals surface area contributed by atoms with Crippen LogP contribution in [0.1, 0.15) is 44.9 Å². The fraction of sp³-hybridized carbons (Fsp3) is 0.550. The van der Waals surface area contributed by atoms with E-state index in [1.807, 2.05) is 4.90 Å². The van der Waals surface area contributed by atoms with Crippen molar-refractivity contribution in [3.63, 3.8) is 0 Å². The molecule has 6 heteroatoms. The molecule has 0 bridgehead atoms. The molecule has 26 heavy (non-hydrogen) atoms. The Hall–Kier alpha value is -2.24. The molecule has 0 radical (unpaired) electrons. The molecule has 5 nitrogen and oxygen atoms in total. The molecule has 0 spiro atoms. The number of rotatable bonds is 3. The Balaban J connectivity index is 1.51. The molecule has 1 saturated carbocycles. The van der Waals surface area contributed by atoms with Crippen LogP contribution < -0.4 is 10.2 Å². The number of hydrogen-bond donors (Lipinski definition) is 1. The fourth-order valence-electron chi connectivity index (χ4n) is 4.24. The highest BCUT2D eigenvalue weighted by atomic mass is 19.1. The van der Waals surface area contributed by atoms with E-state index in [4.69, 9.17) is 0 Å². The molecule has 1 aliphatic carbocycles. The number of amides is 1. The largest absolute Gasteiger partial charge is 0.355 e. The first-order chi connectivity index (χ1) is 12.7. The van der Waals surface area contributed by atoms with E-state index in [1.165, 1.54) is 31.7 Å². The Morgan fingerprint density at radius 2 is 1.96 bits per heavy atom. The zero-order valence-corrected chi connectivity index (χ0v) is 15.0. The van der Waals surface area contributed by atoms with Crippen molar-refractivity contribution in [2.75, 3.05) is 18.0 Å². The van der Waals surface area contributed by atoms with Crippen LogP contribution in [-0.4, -0.2) is 35.0 Å². The third-order valence-corrected chi connectivity index (χ3v) is 5.64. The number of carbonyl (C=O) groups is 1. The molecule has 1 saturated heterocycles. The van der Waals surface area contributed by atoms with Crippen molar-refractivity contribution in [2.45, 2.75) is 51.0 Å². The second-order valence-corrected chi connectivity index (χ2v) is 7.46. The van der Waals surface area contributed by atoms with E-state index in [0.717, 1.165) is 32.2 Å². The lowest BCUT2D eigenvalue weighted by Crippen LogP contribution is -2.46. The number of fused-ring (bicyclic) bond motifs is 1. The van der Waals surface area contributed by atoms with Crippen molar-refractivity contribution >= 4 is 22.6 Å². The predicted molar refractivity (Wildman–Crippen MR) is 99.4 cm³/mol. The lowest BCUT2D eigenvalue weighted by Gasteiger charge is -2.34. The standard InChI is InChI=1S/C20H25FN4O/c21-16-9-4-10-17-18(16)19(23-13-22-17)25-11-5-6-14(12-25)20(26)24-15-7-2-1-3-8-15/h4,9-10,13-15H,1-3,5-8,11-12H2,(H,24,26)/t14-/m0/s1. The van der Waals surface area contributed by atoms with Gasteiger partial charge in [-0.15, -0.1) is 0 Å². The molecule has 2 heterocycles. The molecule has 0 unspecified atom stereocenters. The maximum atomic E-state index is 14.4. The summed E-state index contributed by atoms with van der Waals surface area (Å²) in [5, 5.41) is 3.68. The van der Waals surface area contributed by atoms with Gasteiger partial charge in [0.15, 0.2) is 0 Å². The van der Waals surface area contributed by atoms with Gasteiger partial charge in [-0.25, -0.2) is 14.4 Å². The first-order valence-electron chi connectivity index (χ1n) is 9.67. The SMILES string of the molecule is O=C(NC1CCCCC1)[C@H]1CCCN(c2ncnc3cccc(F)c23)C1. The molecular formula is C20H25FN4O. The molecular weight excluding hydrogens is 331 g/mol. The van der Waals surface area contributed by atoms with E-state index < -0.39 is 0 Å². The van der Waals surface area contributed by atoms with Gasteiger partial charge in [-0.05, 0) is 37.8 Å². The molecule has 1 N–H and O–H groups in total. The summed E-state index contributed by atoms with van der Waals surface area (Å²) in [5.41, 5.74) is 0.601. The number of anilines is 1. The van der Waals surface area contributed by atoms with Crippen molar-refractivity contribution in [3.8, 4) is 0 Å². The molecule has 4 rings (SSSR count). The van der Waals surface area contributed by atoms with E-state index in [1.54, 1.807) is 12.1 Å². The molecule has 138 valence electrons. The molecule has 2 aromatic rings. The van der Waals surface area contributed by atoms with E-state index in [-0.39, 0.29) is 17.6 Å². The number of hydrogen-bond acceptors (Lipinski definition) is 4. The van der Waals surface area contributed by atoms with Gasteiger partial charge >= 0.3 is 0 Å². The molecule has 1 aromatic heterocycles. The van der Waals surface area contributed by atoms with E-state index in [9.17, 15) is 9.18 Å². The number of nitrogens with one attached hydrogen (secondary N) is 1. The van der Waals surface area contributed by atoms with Gasteiger partial charge in [0.2, 0.25) is 5.91 Å². The second kappa shape index (κ2) is 7.56. The summed E-state index contributed by atoms with van der Waals surface area (Å²) >= 11 is 0. The van der Waals surface area contributed by atoms with Gasteiger partial charge < -0.3 is 10.2 Å². The summed E-state index contributed by atoms with van der Waals surface area (Å²) in [6.45, 7) is 1.37. The van der Waals surface area contributed by atoms with Gasteiger partial charge in [0.05, 0.1) is 16.8 Å². The normalized spacial score (nSPS) is 21.7. The Labute approximate surface area is 153 Å². The summed E-state index contributed by atoms with van der Waals surface area (Å²) in [5.74, 6) is 0.359. The van der Waals surface area contributed by atoms with Crippen molar-refractivity contribution in [3.05, 3.63) is 30.3 Å². The second-order valence-electron chi connectivity index (χ2n) is 7.46. The third kappa shape index (κ3) is 3.50. The lowest BCUT2D eigenvalue weighted by atomic mass is 9.93. The minimum absolute atomic E-state index is 0.0672. The molecule has 2 fully saturated rings. The molecule has 1 aromatic carbocycles. The number of halogens is 1. The average Bonchev–Trinajstić information content (AvgIpc) is 2.69. The van der Waals surface area contributed by atoms with E-state index in [2.05, 4.69) is 15.3 Å². The Bertz CT molecular complexity index is 785. The van der Waals surface area contributed by atoms with Crippen LogP contribution in [-0.2, 0) is 4.79 Å². The highest BCUT2D eigenvalue weighted by Crippen LogP contribution is 2.29. The Morgan fingerprint density at radius 1 is 1.12 bits per heavy atom. The minimum Gasteiger partial charge on any atom is -0.355 e. The number of benzene rings is 1. The Kier molecular flexibility index (Phi) is 5.00. The number of carbonyl (C=O) groups excluding carboxylic acids is 1. The van der Waals surface area contributed by atoms with Gasteiger partial charge in [0, 0.05) is 19.1 Å². The summed E-state index contributed by atoms with van der Waals surface area (Å²) < 4.78 is 14.4. The zero-order chi connectivity index (χ0) is 17.9. The molecule has 1 amide bonds. The van der Waals surface area contributed by atoms with Gasteiger partial charge in [-0.3, -0.25) is 4.79 Å². The first kappa shape index (κ1) is 17.2. The molecule has 2 aliphatic rings. The number of nitrogens with zero attached hydrogens (tertiary/aromatic N) is 3. The highest BCUT2D eigenvalue weighted by molar-refractivity contribution is 5.90. The van der Waals surface area contributed by atoms with Gasteiger partial charge in [-0.2, -0.15) is 0 Å². The zero-order valence-electron chi connectivity index (χ0n) is 15.0. The number of aromatic nitrogens is 2. The van der Waals surface area contributed by atoms with Gasteiger partial charge in [0.25, 0.3) is 0 Å². The van der Waals surface area contributed by atoms with Crippen molar-refractivity contribution < 1.29 is 9.18 Å². The third-order valence-electron chi connectivity index (χ3n) is 5.64. The maximum Gasteiger partial charge on any atom is 0.225 e. The van der Waals surface area contributed by atoms with Crippen LogP contribution in [0.4, 0.5) is 10.2 Å². The van der Waals surface area contributed by atoms with Crippen LogP contribution in [0.15, 0.2) is 24.5 Å². The lowest BCUT2D eigenvalue weighted by molar-refractivity contribution is -0.126. The van der Waals surface area contributed by atoms with Gasteiger partial charge in [0.1, 0.15) is 18.0 Å². The quantitative estimate of drug-likeness (QED) is 0.915. The van der Waals surface area contributed by atoms with Crippen LogP contribution in [0, 0.1) is 11.7 Å². The van der Waals surface area contributed by atoms with Crippen LogP contribution in [0.25, 0.3) is 10.9 Å². The minimum atomic E-state index is -0.313. The fourth-order valence-corrected chi connectivity index (χ4v) is 4.24. The van der Waals surface area contributed by atoms with Crippen LogP contribution in [0.3, 0.4) is 0 Å². The summed E-state index contributed by atoms with van der Waals surface area (Å²) in [7, 11) is 0. The Morgan fingerprint density at radius 3 is 2.81 bits per heavy atom. The van der Waals surface area contributed by atoms with Crippen LogP contribution in [0.5, 0.6) is 0 Å². The van der Waals surface area contributed by atoms with Crippen LogP contribution in [0.2, 0.25) is 0 Å². The maximum absolute atomic E-state index is 14.4. The monoisotopic (exact) mass is 356 g/mol. The highest BCUT2D eigenvalue weighted by Gasteiger charge is 2.29. The van der Waals surface area contributed by atoms with E-state index in [0.29, 0.717) is 29.3 Å². The van der Waals surface area contributed by atoms with Crippen LogP contribution >= 0.6 is 0 Å². The number of piperidine rings is 1. The summed E-state index contributed by atoms with van der Waals surface area (Å²) in [4.78, 5) is 23.3. The van der Waals surface area contributed by atoms with Crippen molar-refractivity contribution in [2.24, 2.45) is 5.92 Å². The molecule has 1 atom stereocenters. The van der Waals surface area contributed by atoms with Gasteiger partial charge in [-0.1, -0.05) is 25.3 Å².